The molecule has 0 N–H and O–H groups in total. The molecule has 0 aromatic heterocycles. The van der Waals surface area contributed by atoms with Crippen LogP contribution in [0.4, 0.5) is 4.39 Å². The van der Waals surface area contributed by atoms with Crippen molar-refractivity contribution < 1.29 is 9.13 Å². The van der Waals surface area contributed by atoms with Crippen molar-refractivity contribution in [2.24, 2.45) is 0 Å². The van der Waals surface area contributed by atoms with Crippen LogP contribution in [0.15, 0.2) is 23.8 Å². The fourth-order valence-corrected chi connectivity index (χ4v) is 1.23. The number of hydrogen-bond donors (Lipinski definition) is 0. The minimum Gasteiger partial charge on any atom is -0.493 e. The van der Waals surface area contributed by atoms with E-state index >= 15 is 0 Å². The standard InChI is InChI=1S/C13H11FN2O/c1-2-3-17-13-6-10(5-12(14)7-13)4-11(8-15)9-16/h4-7H,2-3H2,1H3. The first kappa shape index (κ1) is 12.7. The molecule has 0 aliphatic carbocycles. The predicted octanol–water partition coefficient (Wildman–Crippen LogP) is 3.05. The van der Waals surface area contributed by atoms with E-state index in [4.69, 9.17) is 15.3 Å². The summed E-state index contributed by atoms with van der Waals surface area (Å²) in [4.78, 5) is 0. The van der Waals surface area contributed by atoms with Crippen molar-refractivity contribution in [3.63, 3.8) is 0 Å². The minimum atomic E-state index is -0.458. The lowest BCUT2D eigenvalue weighted by Gasteiger charge is -2.05. The third-order valence-corrected chi connectivity index (χ3v) is 1.92. The van der Waals surface area contributed by atoms with Gasteiger partial charge in [0.05, 0.1) is 6.61 Å². The molecule has 0 aliphatic rings. The molecule has 1 aromatic rings. The second kappa shape index (κ2) is 6.30. The molecule has 0 aliphatic heterocycles. The van der Waals surface area contributed by atoms with Crippen LogP contribution in [0.5, 0.6) is 5.75 Å². The number of benzene rings is 1. The summed E-state index contributed by atoms with van der Waals surface area (Å²) in [6, 6.07) is 7.54. The minimum absolute atomic E-state index is 0.0722. The van der Waals surface area contributed by atoms with Gasteiger partial charge in [-0.1, -0.05) is 6.92 Å². The van der Waals surface area contributed by atoms with E-state index in [0.29, 0.717) is 17.9 Å². The molecule has 0 fully saturated rings. The molecule has 3 nitrogen and oxygen atoms in total. The first-order valence-corrected chi connectivity index (χ1v) is 5.15. The van der Waals surface area contributed by atoms with E-state index in [9.17, 15) is 4.39 Å². The van der Waals surface area contributed by atoms with Crippen molar-refractivity contribution >= 4 is 6.08 Å². The summed E-state index contributed by atoms with van der Waals surface area (Å²) in [6.07, 6.45) is 2.14. The van der Waals surface area contributed by atoms with Gasteiger partial charge >= 0.3 is 0 Å². The van der Waals surface area contributed by atoms with Crippen molar-refractivity contribution in [1.29, 1.82) is 10.5 Å². The maximum atomic E-state index is 13.2. The van der Waals surface area contributed by atoms with E-state index in [0.717, 1.165) is 6.42 Å². The smallest absolute Gasteiger partial charge is 0.130 e. The molecule has 17 heavy (non-hydrogen) atoms. The van der Waals surface area contributed by atoms with Gasteiger partial charge in [-0.15, -0.1) is 0 Å². The highest BCUT2D eigenvalue weighted by molar-refractivity contribution is 5.63. The number of nitrogens with zero attached hydrogens (tertiary/aromatic N) is 2. The predicted molar refractivity (Wildman–Crippen MR) is 61.4 cm³/mol. The monoisotopic (exact) mass is 230 g/mol. The highest BCUT2D eigenvalue weighted by atomic mass is 19.1. The van der Waals surface area contributed by atoms with Crippen LogP contribution in [0, 0.1) is 28.5 Å². The molecule has 0 saturated heterocycles. The lowest BCUT2D eigenvalue weighted by atomic mass is 10.1. The summed E-state index contributed by atoms with van der Waals surface area (Å²) in [6.45, 7) is 2.44. The van der Waals surface area contributed by atoms with Crippen LogP contribution in [0.1, 0.15) is 18.9 Å². The van der Waals surface area contributed by atoms with Crippen molar-refractivity contribution in [3.8, 4) is 17.9 Å². The van der Waals surface area contributed by atoms with Gasteiger partial charge in [-0.3, -0.25) is 0 Å². The number of rotatable bonds is 4. The third-order valence-electron chi connectivity index (χ3n) is 1.92. The van der Waals surface area contributed by atoms with Gasteiger partial charge in [0.1, 0.15) is 29.3 Å². The van der Waals surface area contributed by atoms with Crippen molar-refractivity contribution in [2.75, 3.05) is 6.61 Å². The Morgan fingerprint density at radius 3 is 2.65 bits per heavy atom. The number of ether oxygens (including phenoxy) is 1. The van der Waals surface area contributed by atoms with Crippen LogP contribution < -0.4 is 4.74 Å². The first-order valence-electron chi connectivity index (χ1n) is 5.15. The molecule has 0 amide bonds. The fourth-order valence-electron chi connectivity index (χ4n) is 1.23. The molecule has 0 heterocycles. The summed E-state index contributed by atoms with van der Waals surface area (Å²) in [5.41, 5.74) is 0.367. The summed E-state index contributed by atoms with van der Waals surface area (Å²) in [5, 5.41) is 17.2. The average molecular weight is 230 g/mol. The largest absolute Gasteiger partial charge is 0.493 e. The molecule has 1 rings (SSSR count). The molecule has 86 valence electrons. The van der Waals surface area contributed by atoms with Crippen molar-refractivity contribution in [2.45, 2.75) is 13.3 Å². The van der Waals surface area contributed by atoms with Crippen LogP contribution in [-0.2, 0) is 0 Å². The summed E-state index contributed by atoms with van der Waals surface area (Å²) in [5.74, 6) is -0.0617. The van der Waals surface area contributed by atoms with E-state index in [2.05, 4.69) is 0 Å². The molecule has 0 unspecified atom stereocenters. The van der Waals surface area contributed by atoms with Crippen LogP contribution in [-0.4, -0.2) is 6.61 Å². The third kappa shape index (κ3) is 3.96. The number of nitriles is 2. The Morgan fingerprint density at radius 1 is 1.35 bits per heavy atom. The Kier molecular flexibility index (Phi) is 4.72. The highest BCUT2D eigenvalue weighted by Gasteiger charge is 2.01. The number of allylic oxidation sites excluding steroid dienone is 1. The molecular formula is C13H11FN2O. The van der Waals surface area contributed by atoms with E-state index in [1.165, 1.54) is 18.2 Å². The van der Waals surface area contributed by atoms with Crippen molar-refractivity contribution in [3.05, 3.63) is 35.2 Å². The molecule has 0 bridgehead atoms. The zero-order chi connectivity index (χ0) is 12.7. The van der Waals surface area contributed by atoms with E-state index in [-0.39, 0.29) is 5.57 Å². The van der Waals surface area contributed by atoms with Crippen molar-refractivity contribution in [1.82, 2.24) is 0 Å². The average Bonchev–Trinajstić information content (AvgIpc) is 2.32. The molecule has 0 spiro atoms. The first-order chi connectivity index (χ1) is 8.19. The zero-order valence-electron chi connectivity index (χ0n) is 9.40. The molecule has 1 aromatic carbocycles. The Morgan fingerprint density at radius 2 is 2.06 bits per heavy atom. The van der Waals surface area contributed by atoms with Gasteiger partial charge in [0.25, 0.3) is 0 Å². The molecule has 0 atom stereocenters. The lowest BCUT2D eigenvalue weighted by molar-refractivity contribution is 0.315. The quantitative estimate of drug-likeness (QED) is 0.747. The Balaban J connectivity index is 3.02. The Bertz CT molecular complexity index is 493. The topological polar surface area (TPSA) is 56.8 Å². The van der Waals surface area contributed by atoms with Gasteiger partial charge in [0.2, 0.25) is 0 Å². The second-order valence-electron chi connectivity index (χ2n) is 3.35. The van der Waals surface area contributed by atoms with Crippen LogP contribution >= 0.6 is 0 Å². The fraction of sp³-hybridized carbons (Fsp3) is 0.231. The van der Waals surface area contributed by atoms with E-state index in [1.807, 2.05) is 6.92 Å². The summed E-state index contributed by atoms with van der Waals surface area (Å²) in [7, 11) is 0. The van der Waals surface area contributed by atoms with E-state index in [1.54, 1.807) is 18.2 Å². The Labute approximate surface area is 99.4 Å². The van der Waals surface area contributed by atoms with Gasteiger partial charge in [-0.2, -0.15) is 10.5 Å². The van der Waals surface area contributed by atoms with Gasteiger partial charge in [0, 0.05) is 6.07 Å². The Hall–Kier alpha value is -2.33. The molecule has 4 heteroatoms. The molecule has 0 radical (unpaired) electrons. The zero-order valence-corrected chi connectivity index (χ0v) is 9.40. The normalized spacial score (nSPS) is 8.94. The maximum absolute atomic E-state index is 13.2. The highest BCUT2D eigenvalue weighted by Crippen LogP contribution is 2.18. The van der Waals surface area contributed by atoms with Crippen LogP contribution in [0.25, 0.3) is 6.08 Å². The molecule has 0 saturated carbocycles. The summed E-state index contributed by atoms with van der Waals surface area (Å²) >= 11 is 0. The van der Waals surface area contributed by atoms with Gasteiger partial charge in [0.15, 0.2) is 0 Å². The SMILES string of the molecule is CCCOc1cc(F)cc(C=C(C#N)C#N)c1. The van der Waals surface area contributed by atoms with Gasteiger partial charge in [-0.25, -0.2) is 4.39 Å². The number of halogens is 1. The van der Waals surface area contributed by atoms with Crippen LogP contribution in [0.3, 0.4) is 0 Å². The number of hydrogen-bond acceptors (Lipinski definition) is 3. The van der Waals surface area contributed by atoms with Gasteiger partial charge < -0.3 is 4.74 Å². The molecular weight excluding hydrogens is 219 g/mol. The maximum Gasteiger partial charge on any atom is 0.130 e. The lowest BCUT2D eigenvalue weighted by Crippen LogP contribution is -1.95. The van der Waals surface area contributed by atoms with Gasteiger partial charge in [-0.05, 0) is 30.2 Å². The van der Waals surface area contributed by atoms with E-state index < -0.39 is 5.82 Å². The van der Waals surface area contributed by atoms with Crippen LogP contribution in [0.2, 0.25) is 0 Å². The summed E-state index contributed by atoms with van der Waals surface area (Å²) < 4.78 is 18.5. The second-order valence-corrected chi connectivity index (χ2v) is 3.35.